The Bertz CT molecular complexity index is 362. The van der Waals surface area contributed by atoms with E-state index in [0.29, 0.717) is 0 Å². The smallest absolute Gasteiger partial charge is 0.150 e. The third kappa shape index (κ3) is 2.70. The number of hydrogen-bond donors (Lipinski definition) is 0. The van der Waals surface area contributed by atoms with Gasteiger partial charge in [0.1, 0.15) is 6.29 Å². The summed E-state index contributed by atoms with van der Waals surface area (Å²) in [6.45, 7) is 5.54. The molecule has 0 N–H and O–H groups in total. The molecule has 86 valence electrons. The average molecular weight is 217 g/mol. The number of piperidine rings is 1. The zero-order valence-corrected chi connectivity index (χ0v) is 9.86. The van der Waals surface area contributed by atoms with Crippen LogP contribution < -0.4 is 0 Å². The highest BCUT2D eigenvalue weighted by Gasteiger charge is 2.16. The minimum atomic E-state index is 0.789. The summed E-state index contributed by atoms with van der Waals surface area (Å²) in [5, 5.41) is 0. The van der Waals surface area contributed by atoms with Crippen molar-refractivity contribution in [2.45, 2.75) is 26.3 Å². The monoisotopic (exact) mass is 217 g/mol. The molecule has 0 aliphatic carbocycles. The van der Waals surface area contributed by atoms with Crippen LogP contribution in [0.2, 0.25) is 0 Å². The maximum Gasteiger partial charge on any atom is 0.150 e. The maximum absolute atomic E-state index is 10.9. The SMILES string of the molecule is C[C@@H]1CCCN(Cc2ccccc2C=O)C1. The molecule has 1 fully saturated rings. The van der Waals surface area contributed by atoms with Gasteiger partial charge in [-0.3, -0.25) is 9.69 Å². The molecule has 2 heteroatoms. The van der Waals surface area contributed by atoms with Gasteiger partial charge in [0.25, 0.3) is 0 Å². The predicted octanol–water partition coefficient (Wildman–Crippen LogP) is 2.73. The van der Waals surface area contributed by atoms with Crippen molar-refractivity contribution in [3.05, 3.63) is 35.4 Å². The molecule has 2 rings (SSSR count). The molecule has 0 unspecified atom stereocenters. The fourth-order valence-corrected chi connectivity index (χ4v) is 2.46. The van der Waals surface area contributed by atoms with Gasteiger partial charge in [-0.1, -0.05) is 31.2 Å². The van der Waals surface area contributed by atoms with Crippen molar-refractivity contribution in [3.63, 3.8) is 0 Å². The van der Waals surface area contributed by atoms with Crippen molar-refractivity contribution < 1.29 is 4.79 Å². The van der Waals surface area contributed by atoms with Crippen LogP contribution in [0.5, 0.6) is 0 Å². The van der Waals surface area contributed by atoms with E-state index in [0.717, 1.165) is 43.0 Å². The van der Waals surface area contributed by atoms with Gasteiger partial charge in [0, 0.05) is 18.7 Å². The largest absolute Gasteiger partial charge is 0.299 e. The molecule has 1 atom stereocenters. The Hall–Kier alpha value is -1.15. The highest BCUT2D eigenvalue weighted by Crippen LogP contribution is 2.18. The van der Waals surface area contributed by atoms with E-state index in [4.69, 9.17) is 0 Å². The second kappa shape index (κ2) is 5.26. The molecule has 0 radical (unpaired) electrons. The van der Waals surface area contributed by atoms with Crippen LogP contribution in [0.4, 0.5) is 0 Å². The molecule has 1 aromatic carbocycles. The Morgan fingerprint density at radius 2 is 2.25 bits per heavy atom. The van der Waals surface area contributed by atoms with Crippen LogP contribution in [0.25, 0.3) is 0 Å². The van der Waals surface area contributed by atoms with Crippen molar-refractivity contribution in [2.75, 3.05) is 13.1 Å². The highest BCUT2D eigenvalue weighted by molar-refractivity contribution is 5.77. The van der Waals surface area contributed by atoms with Crippen LogP contribution in [0.1, 0.15) is 35.7 Å². The van der Waals surface area contributed by atoms with Crippen LogP contribution in [0.15, 0.2) is 24.3 Å². The zero-order valence-electron chi connectivity index (χ0n) is 9.86. The molecule has 16 heavy (non-hydrogen) atoms. The van der Waals surface area contributed by atoms with E-state index in [1.807, 2.05) is 18.2 Å². The summed E-state index contributed by atoms with van der Waals surface area (Å²) in [6.07, 6.45) is 3.58. The third-order valence-electron chi connectivity index (χ3n) is 3.32. The molecule has 0 aromatic heterocycles. The molecule has 2 nitrogen and oxygen atoms in total. The van der Waals surface area contributed by atoms with Crippen molar-refractivity contribution in [1.29, 1.82) is 0 Å². The number of carbonyl (C=O) groups is 1. The molecule has 1 aromatic rings. The molecular weight excluding hydrogens is 198 g/mol. The lowest BCUT2D eigenvalue weighted by Crippen LogP contribution is -2.33. The van der Waals surface area contributed by atoms with Crippen molar-refractivity contribution >= 4 is 6.29 Å². The first-order valence-electron chi connectivity index (χ1n) is 6.05. The quantitative estimate of drug-likeness (QED) is 0.726. The van der Waals surface area contributed by atoms with Crippen LogP contribution in [0.3, 0.4) is 0 Å². The van der Waals surface area contributed by atoms with Crippen LogP contribution in [-0.4, -0.2) is 24.3 Å². The normalized spacial score (nSPS) is 21.9. The third-order valence-corrected chi connectivity index (χ3v) is 3.32. The summed E-state index contributed by atoms with van der Waals surface area (Å²) in [5.74, 6) is 0.789. The Balaban J connectivity index is 2.05. The van der Waals surface area contributed by atoms with Crippen LogP contribution in [0, 0.1) is 5.92 Å². The van der Waals surface area contributed by atoms with Gasteiger partial charge < -0.3 is 0 Å². The number of aldehydes is 1. The molecule has 0 spiro atoms. The maximum atomic E-state index is 10.9. The molecule has 0 bridgehead atoms. The van der Waals surface area contributed by atoms with Gasteiger partial charge in [-0.2, -0.15) is 0 Å². The summed E-state index contributed by atoms with van der Waals surface area (Å²) in [6, 6.07) is 7.89. The minimum Gasteiger partial charge on any atom is -0.299 e. The first-order chi connectivity index (χ1) is 7.79. The summed E-state index contributed by atoms with van der Waals surface area (Å²) in [7, 11) is 0. The lowest BCUT2D eigenvalue weighted by Gasteiger charge is -2.31. The van der Waals surface area contributed by atoms with E-state index in [1.54, 1.807) is 0 Å². The van der Waals surface area contributed by atoms with E-state index in [1.165, 1.54) is 12.8 Å². The molecule has 1 aliphatic rings. The van der Waals surface area contributed by atoms with Crippen molar-refractivity contribution in [2.24, 2.45) is 5.92 Å². The predicted molar refractivity (Wildman–Crippen MR) is 65.5 cm³/mol. The summed E-state index contributed by atoms with van der Waals surface area (Å²) in [4.78, 5) is 13.4. The highest BCUT2D eigenvalue weighted by atomic mass is 16.1. The van der Waals surface area contributed by atoms with Crippen molar-refractivity contribution in [3.8, 4) is 0 Å². The molecule has 0 amide bonds. The van der Waals surface area contributed by atoms with Gasteiger partial charge >= 0.3 is 0 Å². The minimum absolute atomic E-state index is 0.789. The molecular formula is C14H19NO. The summed E-state index contributed by atoms with van der Waals surface area (Å²) in [5.41, 5.74) is 1.99. The number of carbonyl (C=O) groups excluding carboxylic acids is 1. The van der Waals surface area contributed by atoms with Crippen LogP contribution in [-0.2, 0) is 6.54 Å². The fraction of sp³-hybridized carbons (Fsp3) is 0.500. The molecule has 1 saturated heterocycles. The summed E-state index contributed by atoms with van der Waals surface area (Å²) < 4.78 is 0. The first-order valence-corrected chi connectivity index (χ1v) is 6.05. The van der Waals surface area contributed by atoms with Gasteiger partial charge in [-0.05, 0) is 30.9 Å². The number of benzene rings is 1. The second-order valence-electron chi connectivity index (χ2n) is 4.80. The molecule has 1 heterocycles. The van der Waals surface area contributed by atoms with Gasteiger partial charge in [0.05, 0.1) is 0 Å². The van der Waals surface area contributed by atoms with Crippen molar-refractivity contribution in [1.82, 2.24) is 4.90 Å². The van der Waals surface area contributed by atoms with Gasteiger partial charge in [-0.25, -0.2) is 0 Å². The second-order valence-corrected chi connectivity index (χ2v) is 4.80. The fourth-order valence-electron chi connectivity index (χ4n) is 2.46. The summed E-state index contributed by atoms with van der Waals surface area (Å²) >= 11 is 0. The number of rotatable bonds is 3. The van der Waals surface area contributed by atoms with Crippen LogP contribution >= 0.6 is 0 Å². The van der Waals surface area contributed by atoms with E-state index in [-0.39, 0.29) is 0 Å². The first kappa shape index (κ1) is 11.3. The van der Waals surface area contributed by atoms with E-state index in [2.05, 4.69) is 17.9 Å². The average Bonchev–Trinajstić information content (AvgIpc) is 2.30. The Morgan fingerprint density at radius 3 is 3.00 bits per heavy atom. The molecule has 1 aliphatic heterocycles. The zero-order chi connectivity index (χ0) is 11.4. The van der Waals surface area contributed by atoms with Gasteiger partial charge in [0.15, 0.2) is 0 Å². The van der Waals surface area contributed by atoms with E-state index < -0.39 is 0 Å². The number of hydrogen-bond acceptors (Lipinski definition) is 2. The Morgan fingerprint density at radius 1 is 1.44 bits per heavy atom. The van der Waals surface area contributed by atoms with E-state index >= 15 is 0 Å². The lowest BCUT2D eigenvalue weighted by atomic mass is 9.99. The standard InChI is InChI=1S/C14H19NO/c1-12-5-4-8-15(9-12)10-13-6-2-3-7-14(13)11-16/h2-3,6-7,11-12H,4-5,8-10H2,1H3/t12-/m1/s1. The molecule has 0 saturated carbocycles. The lowest BCUT2D eigenvalue weighted by molar-refractivity contribution is 0.112. The van der Waals surface area contributed by atoms with Gasteiger partial charge in [0.2, 0.25) is 0 Å². The van der Waals surface area contributed by atoms with E-state index in [9.17, 15) is 4.79 Å². The number of likely N-dealkylation sites (tertiary alicyclic amines) is 1. The Labute approximate surface area is 97.3 Å². The Kier molecular flexibility index (Phi) is 3.73. The number of nitrogens with zero attached hydrogens (tertiary/aromatic N) is 1. The topological polar surface area (TPSA) is 20.3 Å². The van der Waals surface area contributed by atoms with Gasteiger partial charge in [-0.15, -0.1) is 0 Å².